The summed E-state index contributed by atoms with van der Waals surface area (Å²) in [5, 5.41) is 9.93. The van der Waals surface area contributed by atoms with Crippen LogP contribution in [0.1, 0.15) is 17.2 Å². The lowest BCUT2D eigenvalue weighted by atomic mass is 9.99. The molecule has 0 heterocycles. The number of benzene rings is 2. The van der Waals surface area contributed by atoms with Crippen LogP contribution in [-0.4, -0.2) is 5.11 Å². The molecule has 0 aliphatic heterocycles. The van der Waals surface area contributed by atoms with Gasteiger partial charge in [0.25, 0.3) is 0 Å². The Labute approximate surface area is 101 Å². The number of halogens is 3. The molecule has 0 amide bonds. The first-order chi connectivity index (χ1) is 8.50. The summed E-state index contributed by atoms with van der Waals surface area (Å²) in [6, 6.07) is 6.48. The van der Waals surface area contributed by atoms with Crippen molar-refractivity contribution in [3.8, 4) is 0 Å². The summed E-state index contributed by atoms with van der Waals surface area (Å²) in [7, 11) is 0. The van der Waals surface area contributed by atoms with Gasteiger partial charge in [0.05, 0.1) is 5.56 Å². The molecule has 0 radical (unpaired) electrons. The number of aliphatic hydroxyl groups excluding tert-OH is 1. The first kappa shape index (κ1) is 12.4. The molecule has 2 rings (SSSR count). The van der Waals surface area contributed by atoms with Gasteiger partial charge in [-0.2, -0.15) is 0 Å². The Hall–Kier alpha value is -2.01. The van der Waals surface area contributed by atoms with Gasteiger partial charge in [0.1, 0.15) is 23.6 Å². The smallest absolute Gasteiger partial charge is 0.132 e. The zero-order valence-corrected chi connectivity index (χ0v) is 9.20. The summed E-state index contributed by atoms with van der Waals surface area (Å²) >= 11 is 0. The summed E-state index contributed by atoms with van der Waals surface area (Å²) in [4.78, 5) is 0. The van der Waals surface area contributed by atoms with E-state index in [1.165, 1.54) is 12.1 Å². The minimum absolute atomic E-state index is 0.0616. The van der Waals surface area contributed by atoms with E-state index in [1.54, 1.807) is 0 Å². The van der Waals surface area contributed by atoms with Gasteiger partial charge in [-0.25, -0.2) is 13.2 Å². The lowest BCUT2D eigenvalue weighted by Gasteiger charge is -2.15. The SMILES string of the molecule is Nc1ccc(F)cc1C(O)c1c(F)cccc1F. The Kier molecular flexibility index (Phi) is 3.25. The molecule has 3 N–H and O–H groups in total. The van der Waals surface area contributed by atoms with Gasteiger partial charge in [-0.3, -0.25) is 0 Å². The van der Waals surface area contributed by atoms with Gasteiger partial charge in [-0.1, -0.05) is 6.07 Å². The Balaban J connectivity index is 2.54. The molecule has 0 aromatic heterocycles. The fraction of sp³-hybridized carbons (Fsp3) is 0.0769. The molecule has 0 spiro atoms. The van der Waals surface area contributed by atoms with Crippen molar-refractivity contribution >= 4 is 5.69 Å². The van der Waals surface area contributed by atoms with E-state index in [-0.39, 0.29) is 11.3 Å². The van der Waals surface area contributed by atoms with Gasteiger partial charge in [0, 0.05) is 11.3 Å². The number of hydrogen-bond donors (Lipinski definition) is 2. The molecule has 5 heteroatoms. The van der Waals surface area contributed by atoms with Crippen LogP contribution in [0.15, 0.2) is 36.4 Å². The van der Waals surface area contributed by atoms with Crippen LogP contribution in [-0.2, 0) is 0 Å². The van der Waals surface area contributed by atoms with Crippen LogP contribution in [0.3, 0.4) is 0 Å². The highest BCUT2D eigenvalue weighted by Gasteiger charge is 2.21. The van der Waals surface area contributed by atoms with Crippen LogP contribution < -0.4 is 5.73 Å². The second kappa shape index (κ2) is 4.70. The van der Waals surface area contributed by atoms with Crippen LogP contribution in [0.2, 0.25) is 0 Å². The van der Waals surface area contributed by atoms with Gasteiger partial charge in [0.15, 0.2) is 0 Å². The van der Waals surface area contributed by atoms with Crippen LogP contribution in [0.4, 0.5) is 18.9 Å². The monoisotopic (exact) mass is 253 g/mol. The van der Waals surface area contributed by atoms with E-state index in [4.69, 9.17) is 5.73 Å². The van der Waals surface area contributed by atoms with Gasteiger partial charge in [-0.15, -0.1) is 0 Å². The van der Waals surface area contributed by atoms with Crippen LogP contribution in [0, 0.1) is 17.5 Å². The molecule has 0 aliphatic carbocycles. The predicted molar refractivity (Wildman–Crippen MR) is 61.2 cm³/mol. The fourth-order valence-electron chi connectivity index (χ4n) is 1.71. The van der Waals surface area contributed by atoms with Crippen molar-refractivity contribution in [2.45, 2.75) is 6.10 Å². The number of hydrogen-bond acceptors (Lipinski definition) is 2. The topological polar surface area (TPSA) is 46.2 Å². The van der Waals surface area contributed by atoms with E-state index in [0.717, 1.165) is 24.3 Å². The molecule has 0 saturated carbocycles. The van der Waals surface area contributed by atoms with Crippen molar-refractivity contribution in [1.29, 1.82) is 0 Å². The van der Waals surface area contributed by atoms with Crippen molar-refractivity contribution in [2.75, 3.05) is 5.73 Å². The molecule has 0 bridgehead atoms. The van der Waals surface area contributed by atoms with Crippen molar-refractivity contribution in [2.24, 2.45) is 0 Å². The summed E-state index contributed by atoms with van der Waals surface area (Å²) in [6.45, 7) is 0. The molecule has 0 fully saturated rings. The second-order valence-electron chi connectivity index (χ2n) is 3.81. The summed E-state index contributed by atoms with van der Waals surface area (Å²) in [6.07, 6.45) is -1.65. The van der Waals surface area contributed by atoms with Crippen molar-refractivity contribution in [3.63, 3.8) is 0 Å². The standard InChI is InChI=1S/C13H10F3NO/c14-7-4-5-11(17)8(6-7)13(18)12-9(15)2-1-3-10(12)16/h1-6,13,18H,17H2. The highest BCUT2D eigenvalue weighted by Crippen LogP contribution is 2.30. The van der Waals surface area contributed by atoms with Gasteiger partial charge in [0.2, 0.25) is 0 Å². The van der Waals surface area contributed by atoms with Crippen LogP contribution >= 0.6 is 0 Å². The maximum atomic E-state index is 13.5. The number of rotatable bonds is 2. The van der Waals surface area contributed by atoms with Gasteiger partial charge >= 0.3 is 0 Å². The maximum Gasteiger partial charge on any atom is 0.132 e. The van der Waals surface area contributed by atoms with Crippen molar-refractivity contribution in [3.05, 3.63) is 65.0 Å². The first-order valence-corrected chi connectivity index (χ1v) is 5.17. The summed E-state index contributed by atoms with van der Waals surface area (Å²) < 4.78 is 40.0. The molecule has 2 aromatic rings. The Morgan fingerprint density at radius 3 is 2.22 bits per heavy atom. The first-order valence-electron chi connectivity index (χ1n) is 5.17. The molecule has 1 atom stereocenters. The Morgan fingerprint density at radius 1 is 1.00 bits per heavy atom. The minimum atomic E-state index is -1.65. The van der Waals surface area contributed by atoms with Gasteiger partial charge < -0.3 is 10.8 Å². The van der Waals surface area contributed by atoms with E-state index in [9.17, 15) is 18.3 Å². The molecular formula is C13H10F3NO. The Morgan fingerprint density at radius 2 is 1.61 bits per heavy atom. The maximum absolute atomic E-state index is 13.5. The molecule has 2 aromatic carbocycles. The van der Waals surface area contributed by atoms with E-state index in [0.29, 0.717) is 0 Å². The molecule has 0 saturated heterocycles. The molecular weight excluding hydrogens is 243 g/mol. The lowest BCUT2D eigenvalue weighted by Crippen LogP contribution is -2.08. The van der Waals surface area contributed by atoms with E-state index < -0.39 is 29.1 Å². The average molecular weight is 253 g/mol. The average Bonchev–Trinajstić information content (AvgIpc) is 2.32. The lowest BCUT2D eigenvalue weighted by molar-refractivity contribution is 0.209. The van der Waals surface area contributed by atoms with E-state index in [2.05, 4.69) is 0 Å². The normalized spacial score (nSPS) is 12.4. The molecule has 94 valence electrons. The third kappa shape index (κ3) is 2.17. The van der Waals surface area contributed by atoms with Crippen LogP contribution in [0.25, 0.3) is 0 Å². The third-order valence-corrected chi connectivity index (χ3v) is 2.62. The highest BCUT2D eigenvalue weighted by molar-refractivity contribution is 5.51. The predicted octanol–water partition coefficient (Wildman–Crippen LogP) is 2.77. The fourth-order valence-corrected chi connectivity index (χ4v) is 1.71. The van der Waals surface area contributed by atoms with E-state index in [1.807, 2.05) is 0 Å². The molecule has 0 aliphatic rings. The summed E-state index contributed by atoms with van der Waals surface area (Å²) in [5.41, 5.74) is 5.00. The van der Waals surface area contributed by atoms with Crippen molar-refractivity contribution in [1.82, 2.24) is 0 Å². The number of nitrogens with two attached hydrogens (primary N) is 1. The third-order valence-electron chi connectivity index (χ3n) is 2.62. The van der Waals surface area contributed by atoms with Crippen molar-refractivity contribution < 1.29 is 18.3 Å². The second-order valence-corrected chi connectivity index (χ2v) is 3.81. The van der Waals surface area contributed by atoms with Gasteiger partial charge in [-0.05, 0) is 30.3 Å². The number of anilines is 1. The van der Waals surface area contributed by atoms with Crippen LogP contribution in [0.5, 0.6) is 0 Å². The zero-order chi connectivity index (χ0) is 13.3. The zero-order valence-electron chi connectivity index (χ0n) is 9.20. The number of aliphatic hydroxyl groups is 1. The largest absolute Gasteiger partial charge is 0.398 e. The minimum Gasteiger partial charge on any atom is -0.398 e. The molecule has 18 heavy (non-hydrogen) atoms. The summed E-state index contributed by atoms with van der Waals surface area (Å²) in [5.74, 6) is -2.47. The quantitative estimate of drug-likeness (QED) is 0.808. The highest BCUT2D eigenvalue weighted by atomic mass is 19.1. The van der Waals surface area contributed by atoms with E-state index >= 15 is 0 Å². The Bertz CT molecular complexity index is 566. The molecule has 1 unspecified atom stereocenters. The number of nitrogen functional groups attached to an aromatic ring is 1. The molecule has 2 nitrogen and oxygen atoms in total.